The molecule has 6 nitrogen and oxygen atoms in total. The molecule has 2 heterocycles. The summed E-state index contributed by atoms with van der Waals surface area (Å²) in [6.07, 6.45) is 3.58. The number of aliphatic imine (C=N–C) groups is 1. The van der Waals surface area contributed by atoms with Gasteiger partial charge in [-0.2, -0.15) is 0 Å². The Morgan fingerprint density at radius 3 is 2.48 bits per heavy atom. The van der Waals surface area contributed by atoms with E-state index in [1.165, 1.54) is 12.1 Å². The van der Waals surface area contributed by atoms with Gasteiger partial charge in [0.2, 0.25) is 5.56 Å². The predicted molar refractivity (Wildman–Crippen MR) is 107 cm³/mol. The fourth-order valence-corrected chi connectivity index (χ4v) is 3.18. The van der Waals surface area contributed by atoms with Crippen LogP contribution < -0.4 is 16.2 Å². The molecule has 1 aromatic carbocycles. The van der Waals surface area contributed by atoms with E-state index in [9.17, 15) is 9.18 Å². The molecule has 2 N–H and O–H groups in total. The van der Waals surface area contributed by atoms with E-state index >= 15 is 0 Å². The summed E-state index contributed by atoms with van der Waals surface area (Å²) in [4.78, 5) is 20.4. The molecule has 1 aromatic heterocycles. The van der Waals surface area contributed by atoms with Crippen LogP contribution in [0.15, 0.2) is 58.4 Å². The van der Waals surface area contributed by atoms with Crippen molar-refractivity contribution in [2.24, 2.45) is 10.7 Å². The zero-order chi connectivity index (χ0) is 19.1. The summed E-state index contributed by atoms with van der Waals surface area (Å²) in [7, 11) is 0. The van der Waals surface area contributed by atoms with E-state index in [1.807, 2.05) is 6.07 Å². The number of guanidine groups is 1. The van der Waals surface area contributed by atoms with Crippen LogP contribution in [0.4, 0.5) is 10.1 Å². The number of anilines is 1. The van der Waals surface area contributed by atoms with Gasteiger partial charge >= 0.3 is 0 Å². The van der Waals surface area contributed by atoms with E-state index < -0.39 is 0 Å². The standard InChI is InChI=1S/C20H26FN5O/c21-17-6-8-18(9-7-17)24-13-15-26(16-14-24)20(22)23-10-2-4-12-25-11-3-1-5-19(25)27/h1,3,5-9,11H,2,4,10,12-16H2,(H2,22,23). The molecule has 1 saturated heterocycles. The van der Waals surface area contributed by atoms with Gasteiger partial charge < -0.3 is 20.1 Å². The van der Waals surface area contributed by atoms with Gasteiger partial charge in [-0.1, -0.05) is 6.07 Å². The van der Waals surface area contributed by atoms with Gasteiger partial charge in [0.25, 0.3) is 0 Å². The normalized spacial score (nSPS) is 15.2. The molecule has 1 fully saturated rings. The van der Waals surface area contributed by atoms with Crippen molar-refractivity contribution < 1.29 is 4.39 Å². The zero-order valence-electron chi connectivity index (χ0n) is 15.4. The fraction of sp³-hybridized carbons (Fsp3) is 0.400. The van der Waals surface area contributed by atoms with E-state index in [0.717, 1.165) is 44.7 Å². The van der Waals surface area contributed by atoms with Gasteiger partial charge in [-0.25, -0.2) is 4.39 Å². The maximum atomic E-state index is 13.0. The first-order valence-corrected chi connectivity index (χ1v) is 9.34. The minimum Gasteiger partial charge on any atom is -0.370 e. The smallest absolute Gasteiger partial charge is 0.250 e. The molecule has 0 amide bonds. The second-order valence-corrected chi connectivity index (χ2v) is 6.63. The Balaban J connectivity index is 1.39. The average molecular weight is 371 g/mol. The monoisotopic (exact) mass is 371 g/mol. The number of benzene rings is 1. The lowest BCUT2D eigenvalue weighted by Gasteiger charge is -2.36. The highest BCUT2D eigenvalue weighted by Crippen LogP contribution is 2.16. The van der Waals surface area contributed by atoms with Crippen molar-refractivity contribution in [3.8, 4) is 0 Å². The number of aryl methyl sites for hydroxylation is 1. The van der Waals surface area contributed by atoms with Crippen molar-refractivity contribution in [3.63, 3.8) is 0 Å². The first-order chi connectivity index (χ1) is 13.1. The topological polar surface area (TPSA) is 66.9 Å². The third kappa shape index (κ3) is 5.32. The third-order valence-electron chi connectivity index (χ3n) is 4.78. The van der Waals surface area contributed by atoms with Crippen LogP contribution in [0.1, 0.15) is 12.8 Å². The van der Waals surface area contributed by atoms with E-state index in [2.05, 4.69) is 14.8 Å². The van der Waals surface area contributed by atoms with Crippen LogP contribution in [0.25, 0.3) is 0 Å². The summed E-state index contributed by atoms with van der Waals surface area (Å²) in [6.45, 7) is 4.62. The van der Waals surface area contributed by atoms with E-state index in [0.29, 0.717) is 19.0 Å². The average Bonchev–Trinajstić information content (AvgIpc) is 2.69. The van der Waals surface area contributed by atoms with Crippen molar-refractivity contribution in [2.75, 3.05) is 37.6 Å². The van der Waals surface area contributed by atoms with Crippen molar-refractivity contribution in [1.82, 2.24) is 9.47 Å². The molecule has 0 saturated carbocycles. The minimum absolute atomic E-state index is 0.0274. The lowest BCUT2D eigenvalue weighted by Crippen LogP contribution is -2.51. The van der Waals surface area contributed by atoms with Crippen LogP contribution >= 0.6 is 0 Å². The predicted octanol–water partition coefficient (Wildman–Crippen LogP) is 1.90. The van der Waals surface area contributed by atoms with Crippen molar-refractivity contribution in [1.29, 1.82) is 0 Å². The first-order valence-electron chi connectivity index (χ1n) is 9.34. The molecule has 27 heavy (non-hydrogen) atoms. The van der Waals surface area contributed by atoms with Crippen molar-refractivity contribution in [3.05, 3.63) is 64.8 Å². The molecule has 2 aromatic rings. The van der Waals surface area contributed by atoms with Crippen LogP contribution in [0.5, 0.6) is 0 Å². The number of piperazine rings is 1. The van der Waals surface area contributed by atoms with Crippen molar-refractivity contribution in [2.45, 2.75) is 19.4 Å². The molecule has 0 atom stereocenters. The van der Waals surface area contributed by atoms with Crippen LogP contribution in [-0.4, -0.2) is 48.2 Å². The Hall–Kier alpha value is -2.83. The van der Waals surface area contributed by atoms with Crippen LogP contribution in [0.2, 0.25) is 0 Å². The largest absolute Gasteiger partial charge is 0.370 e. The first kappa shape index (κ1) is 18.9. The highest BCUT2D eigenvalue weighted by atomic mass is 19.1. The van der Waals surface area contributed by atoms with Gasteiger partial charge in [0.1, 0.15) is 5.82 Å². The second kappa shape index (κ2) is 9.21. The van der Waals surface area contributed by atoms with Gasteiger partial charge in [-0.15, -0.1) is 0 Å². The minimum atomic E-state index is -0.217. The lowest BCUT2D eigenvalue weighted by atomic mass is 10.2. The second-order valence-electron chi connectivity index (χ2n) is 6.63. The molecule has 0 radical (unpaired) electrons. The molecule has 0 aliphatic carbocycles. The summed E-state index contributed by atoms with van der Waals surface area (Å²) < 4.78 is 14.7. The lowest BCUT2D eigenvalue weighted by molar-refractivity contribution is 0.380. The Labute approximate surface area is 158 Å². The fourth-order valence-electron chi connectivity index (χ4n) is 3.18. The summed E-state index contributed by atoms with van der Waals surface area (Å²) in [5.41, 5.74) is 7.18. The molecule has 144 valence electrons. The quantitative estimate of drug-likeness (QED) is 0.479. The third-order valence-corrected chi connectivity index (χ3v) is 4.78. The number of hydrogen-bond acceptors (Lipinski definition) is 3. The molecular weight excluding hydrogens is 345 g/mol. The molecule has 7 heteroatoms. The Morgan fingerprint density at radius 1 is 1.04 bits per heavy atom. The van der Waals surface area contributed by atoms with Crippen LogP contribution in [-0.2, 0) is 6.54 Å². The van der Waals surface area contributed by atoms with Gasteiger partial charge in [0.05, 0.1) is 0 Å². The maximum absolute atomic E-state index is 13.0. The number of halogens is 1. The SMILES string of the molecule is NC(=NCCCCn1ccccc1=O)N1CCN(c2ccc(F)cc2)CC1. The number of rotatable bonds is 6. The van der Waals surface area contributed by atoms with Gasteiger partial charge in [0.15, 0.2) is 5.96 Å². The number of unbranched alkanes of at least 4 members (excludes halogenated alkanes) is 1. The molecular formula is C20H26FN5O. The highest BCUT2D eigenvalue weighted by molar-refractivity contribution is 5.78. The Bertz CT molecular complexity index is 810. The molecule has 3 rings (SSSR count). The summed E-state index contributed by atoms with van der Waals surface area (Å²) >= 11 is 0. The summed E-state index contributed by atoms with van der Waals surface area (Å²) in [5, 5.41) is 0. The van der Waals surface area contributed by atoms with Crippen LogP contribution in [0.3, 0.4) is 0 Å². The van der Waals surface area contributed by atoms with Crippen molar-refractivity contribution >= 4 is 11.6 Å². The Kier molecular flexibility index (Phi) is 6.46. The number of aromatic nitrogens is 1. The number of pyridine rings is 1. The zero-order valence-corrected chi connectivity index (χ0v) is 15.4. The number of nitrogens with zero attached hydrogens (tertiary/aromatic N) is 4. The summed E-state index contributed by atoms with van der Waals surface area (Å²) in [5.74, 6) is 0.358. The maximum Gasteiger partial charge on any atom is 0.250 e. The summed E-state index contributed by atoms with van der Waals surface area (Å²) in [6, 6.07) is 11.8. The van der Waals surface area contributed by atoms with Crippen LogP contribution in [0, 0.1) is 5.82 Å². The van der Waals surface area contributed by atoms with Gasteiger partial charge in [-0.05, 0) is 43.2 Å². The van der Waals surface area contributed by atoms with Gasteiger partial charge in [-0.3, -0.25) is 9.79 Å². The van der Waals surface area contributed by atoms with E-state index in [-0.39, 0.29) is 11.4 Å². The molecule has 1 aliphatic rings. The van der Waals surface area contributed by atoms with E-state index in [1.54, 1.807) is 35.0 Å². The van der Waals surface area contributed by atoms with Gasteiger partial charge in [0, 0.05) is 57.2 Å². The number of nitrogens with two attached hydrogens (primary N) is 1. The molecule has 1 aliphatic heterocycles. The molecule has 0 bridgehead atoms. The number of hydrogen-bond donors (Lipinski definition) is 1. The van der Waals surface area contributed by atoms with E-state index in [4.69, 9.17) is 5.73 Å². The Morgan fingerprint density at radius 2 is 1.78 bits per heavy atom. The molecule has 0 spiro atoms. The molecule has 0 unspecified atom stereocenters. The highest BCUT2D eigenvalue weighted by Gasteiger charge is 2.18.